The number of hydrogen-bond acceptors (Lipinski definition) is 3. The van der Waals surface area contributed by atoms with E-state index in [1.807, 2.05) is 18.2 Å². The minimum Gasteiger partial charge on any atom is -0.376 e. The molecule has 2 aliphatic rings. The van der Waals surface area contributed by atoms with Crippen LogP contribution in [0, 0.1) is 0 Å². The smallest absolute Gasteiger partial charge is 0.319 e. The molecule has 6 heteroatoms. The molecule has 0 radical (unpaired) electrons. The molecule has 0 bridgehead atoms. The topological polar surface area (TPSA) is 70.7 Å². The van der Waals surface area contributed by atoms with Crippen molar-refractivity contribution in [3.63, 3.8) is 0 Å². The molecule has 2 aliphatic heterocycles. The van der Waals surface area contributed by atoms with Gasteiger partial charge < -0.3 is 20.3 Å². The van der Waals surface area contributed by atoms with Crippen LogP contribution >= 0.6 is 0 Å². The van der Waals surface area contributed by atoms with E-state index in [2.05, 4.69) is 10.6 Å². The van der Waals surface area contributed by atoms with Crippen LogP contribution in [0.25, 0.3) is 0 Å². The van der Waals surface area contributed by atoms with Crippen LogP contribution in [0.15, 0.2) is 18.2 Å². The average Bonchev–Trinajstić information content (AvgIpc) is 3.05. The molecule has 124 valence electrons. The predicted molar refractivity (Wildman–Crippen MR) is 88.8 cm³/mol. The number of amides is 3. The van der Waals surface area contributed by atoms with Crippen LogP contribution in [-0.4, -0.2) is 37.7 Å². The molecule has 23 heavy (non-hydrogen) atoms. The quantitative estimate of drug-likeness (QED) is 0.898. The molecule has 3 rings (SSSR count). The summed E-state index contributed by atoms with van der Waals surface area (Å²) in [5.74, 6) is 0.0564. The molecular formula is C17H23N3O3. The highest BCUT2D eigenvalue weighted by atomic mass is 16.5. The van der Waals surface area contributed by atoms with E-state index in [4.69, 9.17) is 4.74 Å². The zero-order chi connectivity index (χ0) is 16.2. The minimum atomic E-state index is -0.223. The van der Waals surface area contributed by atoms with E-state index in [0.717, 1.165) is 55.8 Å². The Morgan fingerprint density at radius 2 is 2.22 bits per heavy atom. The lowest BCUT2D eigenvalue weighted by Gasteiger charge is -2.29. The van der Waals surface area contributed by atoms with E-state index in [9.17, 15) is 9.59 Å². The highest BCUT2D eigenvalue weighted by molar-refractivity contribution is 5.94. The third-order valence-electron chi connectivity index (χ3n) is 4.35. The lowest BCUT2D eigenvalue weighted by Crippen LogP contribution is -2.35. The highest BCUT2D eigenvalue weighted by Crippen LogP contribution is 2.29. The predicted octanol–water partition coefficient (Wildman–Crippen LogP) is 2.29. The van der Waals surface area contributed by atoms with Gasteiger partial charge >= 0.3 is 6.03 Å². The summed E-state index contributed by atoms with van der Waals surface area (Å²) in [7, 11) is 0. The number of fused-ring (bicyclic) bond motifs is 1. The Kier molecular flexibility index (Phi) is 4.81. The number of hydrogen-bond donors (Lipinski definition) is 2. The van der Waals surface area contributed by atoms with Gasteiger partial charge in [0.1, 0.15) is 0 Å². The maximum absolute atomic E-state index is 12.0. The number of rotatable bonds is 3. The standard InChI is InChI=1S/C17H23N3O3/c1-12(21)20-8-2-4-13-10-14(6-7-16(13)20)19-17(22)18-11-15-5-3-9-23-15/h6-7,10,15H,2-5,8-9,11H2,1H3,(H2,18,19,22)/t15-/m1/s1. The molecule has 6 nitrogen and oxygen atoms in total. The van der Waals surface area contributed by atoms with Gasteiger partial charge in [-0.2, -0.15) is 0 Å². The van der Waals surface area contributed by atoms with E-state index in [-0.39, 0.29) is 18.0 Å². The first-order valence-electron chi connectivity index (χ1n) is 8.21. The van der Waals surface area contributed by atoms with Gasteiger partial charge in [-0.3, -0.25) is 4.79 Å². The molecule has 1 aromatic rings. The lowest BCUT2D eigenvalue weighted by atomic mass is 10.0. The second-order valence-corrected chi connectivity index (χ2v) is 6.09. The second-order valence-electron chi connectivity index (χ2n) is 6.09. The highest BCUT2D eigenvalue weighted by Gasteiger charge is 2.20. The van der Waals surface area contributed by atoms with Gasteiger partial charge in [0, 0.05) is 38.0 Å². The van der Waals surface area contributed by atoms with Crippen LogP contribution in [0.5, 0.6) is 0 Å². The van der Waals surface area contributed by atoms with Gasteiger partial charge in [-0.15, -0.1) is 0 Å². The van der Waals surface area contributed by atoms with Crippen molar-refractivity contribution in [1.82, 2.24) is 5.32 Å². The van der Waals surface area contributed by atoms with Crippen LogP contribution in [-0.2, 0) is 16.0 Å². The number of aryl methyl sites for hydroxylation is 1. The summed E-state index contributed by atoms with van der Waals surface area (Å²) in [6.45, 7) is 3.66. The molecule has 0 aromatic heterocycles. The first-order chi connectivity index (χ1) is 11.1. The number of benzene rings is 1. The van der Waals surface area contributed by atoms with Crippen molar-refractivity contribution in [2.75, 3.05) is 29.9 Å². The van der Waals surface area contributed by atoms with Crippen molar-refractivity contribution in [2.24, 2.45) is 0 Å². The molecule has 0 saturated carbocycles. The molecule has 1 saturated heterocycles. The van der Waals surface area contributed by atoms with Gasteiger partial charge in [-0.25, -0.2) is 4.79 Å². The fourth-order valence-corrected chi connectivity index (χ4v) is 3.19. The van der Waals surface area contributed by atoms with Crippen LogP contribution in [0.2, 0.25) is 0 Å². The molecule has 2 heterocycles. The third-order valence-corrected chi connectivity index (χ3v) is 4.35. The van der Waals surface area contributed by atoms with Gasteiger partial charge in [0.05, 0.1) is 6.10 Å². The van der Waals surface area contributed by atoms with Crippen LogP contribution in [0.4, 0.5) is 16.2 Å². The normalized spacial score (nSPS) is 20.0. The Morgan fingerprint density at radius 1 is 1.35 bits per heavy atom. The summed E-state index contributed by atoms with van der Waals surface area (Å²) >= 11 is 0. The zero-order valence-corrected chi connectivity index (χ0v) is 13.4. The second kappa shape index (κ2) is 7.00. The molecule has 0 unspecified atom stereocenters. The number of ether oxygens (including phenoxy) is 1. The summed E-state index contributed by atoms with van der Waals surface area (Å²) in [6, 6.07) is 5.48. The number of nitrogens with zero attached hydrogens (tertiary/aromatic N) is 1. The summed E-state index contributed by atoms with van der Waals surface area (Å²) in [5, 5.41) is 5.69. The van der Waals surface area contributed by atoms with Crippen LogP contribution in [0.1, 0.15) is 31.7 Å². The van der Waals surface area contributed by atoms with Crippen LogP contribution < -0.4 is 15.5 Å². The first-order valence-corrected chi connectivity index (χ1v) is 8.21. The van der Waals surface area contributed by atoms with Gasteiger partial charge in [0.15, 0.2) is 0 Å². The van der Waals surface area contributed by atoms with Crippen molar-refractivity contribution in [1.29, 1.82) is 0 Å². The lowest BCUT2D eigenvalue weighted by molar-refractivity contribution is -0.116. The van der Waals surface area contributed by atoms with Crippen molar-refractivity contribution in [3.8, 4) is 0 Å². The number of urea groups is 1. The molecule has 1 atom stereocenters. The minimum absolute atomic E-state index is 0.0564. The van der Waals surface area contributed by atoms with Crippen molar-refractivity contribution in [3.05, 3.63) is 23.8 Å². The molecule has 0 spiro atoms. The fraction of sp³-hybridized carbons (Fsp3) is 0.529. The van der Waals surface area contributed by atoms with E-state index < -0.39 is 0 Å². The van der Waals surface area contributed by atoms with Crippen molar-refractivity contribution < 1.29 is 14.3 Å². The maximum atomic E-state index is 12.0. The van der Waals surface area contributed by atoms with Crippen molar-refractivity contribution >= 4 is 23.3 Å². The van der Waals surface area contributed by atoms with Crippen LogP contribution in [0.3, 0.4) is 0 Å². The third kappa shape index (κ3) is 3.82. The van der Waals surface area contributed by atoms with Crippen molar-refractivity contribution in [2.45, 2.75) is 38.7 Å². The molecule has 0 aliphatic carbocycles. The van der Waals surface area contributed by atoms with E-state index in [1.54, 1.807) is 11.8 Å². The Balaban J connectivity index is 1.60. The number of nitrogens with one attached hydrogen (secondary N) is 2. The fourth-order valence-electron chi connectivity index (χ4n) is 3.19. The zero-order valence-electron chi connectivity index (χ0n) is 13.4. The number of carbonyl (C=O) groups excluding carboxylic acids is 2. The van der Waals surface area contributed by atoms with E-state index in [0.29, 0.717) is 6.54 Å². The summed E-state index contributed by atoms with van der Waals surface area (Å²) in [4.78, 5) is 25.4. The number of anilines is 2. The molecule has 3 amide bonds. The summed E-state index contributed by atoms with van der Waals surface area (Å²) in [6.07, 6.45) is 4.06. The first kappa shape index (κ1) is 15.8. The molecular weight excluding hydrogens is 294 g/mol. The molecule has 1 fully saturated rings. The average molecular weight is 317 g/mol. The monoisotopic (exact) mass is 317 g/mol. The Labute approximate surface area is 136 Å². The summed E-state index contributed by atoms with van der Waals surface area (Å²) in [5.41, 5.74) is 2.80. The van der Waals surface area contributed by atoms with E-state index in [1.165, 1.54) is 0 Å². The van der Waals surface area contributed by atoms with Gasteiger partial charge in [0.2, 0.25) is 5.91 Å². The Morgan fingerprint density at radius 3 is 2.96 bits per heavy atom. The Hall–Kier alpha value is -2.08. The van der Waals surface area contributed by atoms with Gasteiger partial charge in [0.25, 0.3) is 0 Å². The maximum Gasteiger partial charge on any atom is 0.319 e. The Bertz CT molecular complexity index is 597. The number of carbonyl (C=O) groups is 2. The molecule has 2 N–H and O–H groups in total. The largest absolute Gasteiger partial charge is 0.376 e. The van der Waals surface area contributed by atoms with Gasteiger partial charge in [-0.1, -0.05) is 0 Å². The van der Waals surface area contributed by atoms with Gasteiger partial charge in [-0.05, 0) is 49.4 Å². The van der Waals surface area contributed by atoms with E-state index >= 15 is 0 Å². The summed E-state index contributed by atoms with van der Waals surface area (Å²) < 4.78 is 5.48. The SMILES string of the molecule is CC(=O)N1CCCc2cc(NC(=O)NC[C@H]3CCCO3)ccc21. The molecule has 1 aromatic carbocycles.